The molecule has 5 aliphatic rings. The van der Waals surface area contributed by atoms with Gasteiger partial charge in [-0.05, 0) is 112 Å². The van der Waals surface area contributed by atoms with E-state index < -0.39 is 0 Å². The van der Waals surface area contributed by atoms with Crippen molar-refractivity contribution in [2.24, 2.45) is 40.4 Å². The van der Waals surface area contributed by atoms with Crippen molar-refractivity contribution in [1.82, 2.24) is 9.80 Å². The van der Waals surface area contributed by atoms with E-state index in [4.69, 9.17) is 0 Å². The molecule has 1 N–H and O–H groups in total. The smallest absolute Gasteiger partial charge is 0.222 e. The second-order valence-electron chi connectivity index (χ2n) is 13.9. The molecule has 0 spiro atoms. The zero-order chi connectivity index (χ0) is 25.0. The number of rotatable bonds is 5. The molecule has 0 aromatic heterocycles. The number of fused-ring (bicyclic) bond motifs is 5. The lowest BCUT2D eigenvalue weighted by Gasteiger charge is -2.58. The monoisotopic (exact) mass is 484 g/mol. The molecule has 0 bridgehead atoms. The SMILES string of the molecule is CC(C)N1CCN(C(=O)CC[C@@H](C)[C@H]2CC[C@H]3[C@@H]4CC=C5C[C@@H](O)CC[C@]5(C)[C@H]4CC[C@]23C)CC1. The van der Waals surface area contributed by atoms with Gasteiger partial charge < -0.3 is 10.0 Å². The highest BCUT2D eigenvalue weighted by Gasteiger charge is 2.59. The molecule has 4 aliphatic carbocycles. The van der Waals surface area contributed by atoms with Gasteiger partial charge in [0.2, 0.25) is 5.91 Å². The number of hydrogen-bond donors (Lipinski definition) is 1. The Labute approximate surface area is 214 Å². The molecule has 1 saturated heterocycles. The van der Waals surface area contributed by atoms with E-state index in [0.717, 1.165) is 75.5 Å². The topological polar surface area (TPSA) is 43.8 Å². The van der Waals surface area contributed by atoms with Crippen LogP contribution in [-0.2, 0) is 4.79 Å². The Hall–Kier alpha value is -0.870. The van der Waals surface area contributed by atoms with Crippen molar-refractivity contribution >= 4 is 5.91 Å². The number of allylic oxidation sites excluding steroid dienone is 1. The van der Waals surface area contributed by atoms with Crippen LogP contribution in [0.5, 0.6) is 0 Å². The lowest BCUT2D eigenvalue weighted by molar-refractivity contribution is -0.133. The van der Waals surface area contributed by atoms with Crippen LogP contribution in [0.2, 0.25) is 0 Å². The first-order chi connectivity index (χ1) is 16.6. The normalized spacial score (nSPS) is 42.8. The minimum atomic E-state index is -0.113. The Morgan fingerprint density at radius 3 is 2.49 bits per heavy atom. The van der Waals surface area contributed by atoms with Gasteiger partial charge in [-0.15, -0.1) is 0 Å². The van der Waals surface area contributed by atoms with Gasteiger partial charge in [-0.3, -0.25) is 9.69 Å². The van der Waals surface area contributed by atoms with Crippen molar-refractivity contribution in [2.75, 3.05) is 26.2 Å². The van der Waals surface area contributed by atoms with E-state index in [2.05, 4.69) is 50.5 Å². The molecule has 1 heterocycles. The number of hydrogen-bond acceptors (Lipinski definition) is 3. The van der Waals surface area contributed by atoms with Crippen LogP contribution < -0.4 is 0 Å². The van der Waals surface area contributed by atoms with E-state index in [1.54, 1.807) is 5.57 Å². The average molecular weight is 485 g/mol. The lowest BCUT2D eigenvalue weighted by Crippen LogP contribution is -2.51. The van der Waals surface area contributed by atoms with E-state index in [1.165, 1.54) is 38.5 Å². The molecular weight excluding hydrogens is 432 g/mol. The number of carbonyl (C=O) groups excluding carboxylic acids is 1. The zero-order valence-corrected chi connectivity index (χ0v) is 23.3. The van der Waals surface area contributed by atoms with Gasteiger partial charge in [0.15, 0.2) is 0 Å². The average Bonchev–Trinajstić information content (AvgIpc) is 3.20. The molecule has 0 radical (unpaired) electrons. The highest BCUT2D eigenvalue weighted by Crippen LogP contribution is 2.67. The number of aliphatic hydroxyl groups excluding tert-OH is 1. The minimum Gasteiger partial charge on any atom is -0.393 e. The van der Waals surface area contributed by atoms with Crippen LogP contribution in [0.15, 0.2) is 11.6 Å². The fraction of sp³-hybridized carbons (Fsp3) is 0.903. The first-order valence-electron chi connectivity index (χ1n) is 15.0. The van der Waals surface area contributed by atoms with E-state index in [1.807, 2.05) is 0 Å². The summed E-state index contributed by atoms with van der Waals surface area (Å²) in [5, 5.41) is 10.3. The summed E-state index contributed by atoms with van der Waals surface area (Å²) in [6.07, 6.45) is 14.0. The van der Waals surface area contributed by atoms with Crippen molar-refractivity contribution in [3.8, 4) is 0 Å². The van der Waals surface area contributed by atoms with E-state index in [-0.39, 0.29) is 6.10 Å². The van der Waals surface area contributed by atoms with E-state index in [0.29, 0.717) is 28.7 Å². The highest BCUT2D eigenvalue weighted by atomic mass is 16.3. The number of piperazine rings is 1. The minimum absolute atomic E-state index is 0.113. The number of nitrogens with zero attached hydrogens (tertiary/aromatic N) is 2. The maximum atomic E-state index is 13.0. The van der Waals surface area contributed by atoms with Crippen LogP contribution in [0.25, 0.3) is 0 Å². The van der Waals surface area contributed by atoms with E-state index >= 15 is 0 Å². The maximum absolute atomic E-state index is 13.0. The van der Waals surface area contributed by atoms with Crippen LogP contribution in [0, 0.1) is 40.4 Å². The van der Waals surface area contributed by atoms with Crippen molar-refractivity contribution < 1.29 is 9.90 Å². The zero-order valence-electron chi connectivity index (χ0n) is 23.3. The number of amides is 1. The largest absolute Gasteiger partial charge is 0.393 e. The fourth-order valence-corrected chi connectivity index (χ4v) is 9.82. The summed E-state index contributed by atoms with van der Waals surface area (Å²) in [7, 11) is 0. The molecule has 35 heavy (non-hydrogen) atoms. The third kappa shape index (κ3) is 4.54. The Balaban J connectivity index is 1.19. The van der Waals surface area contributed by atoms with Crippen LogP contribution in [0.1, 0.15) is 98.8 Å². The molecule has 0 aromatic carbocycles. The van der Waals surface area contributed by atoms with Crippen molar-refractivity contribution in [3.63, 3.8) is 0 Å². The summed E-state index contributed by atoms with van der Waals surface area (Å²) in [5.74, 6) is 4.28. The molecule has 8 atom stereocenters. The summed E-state index contributed by atoms with van der Waals surface area (Å²) in [6.45, 7) is 16.0. The van der Waals surface area contributed by atoms with Gasteiger partial charge in [0.1, 0.15) is 0 Å². The molecule has 198 valence electrons. The quantitative estimate of drug-likeness (QED) is 0.495. The molecule has 4 fully saturated rings. The Morgan fingerprint density at radius 2 is 1.77 bits per heavy atom. The second-order valence-corrected chi connectivity index (χ2v) is 13.9. The summed E-state index contributed by atoms with van der Waals surface area (Å²) in [6, 6.07) is 0.581. The maximum Gasteiger partial charge on any atom is 0.222 e. The molecule has 4 nitrogen and oxygen atoms in total. The fourth-order valence-electron chi connectivity index (χ4n) is 9.82. The highest BCUT2D eigenvalue weighted by molar-refractivity contribution is 5.76. The molecule has 0 unspecified atom stereocenters. The Bertz CT molecular complexity index is 815. The summed E-state index contributed by atoms with van der Waals surface area (Å²) < 4.78 is 0. The first-order valence-corrected chi connectivity index (χ1v) is 15.0. The second kappa shape index (κ2) is 9.78. The van der Waals surface area contributed by atoms with Crippen molar-refractivity contribution in [1.29, 1.82) is 0 Å². The van der Waals surface area contributed by atoms with Gasteiger partial charge in [0.25, 0.3) is 0 Å². The van der Waals surface area contributed by atoms with E-state index in [9.17, 15) is 9.90 Å². The molecular formula is C31H52N2O2. The summed E-state index contributed by atoms with van der Waals surface area (Å²) in [4.78, 5) is 17.6. The molecule has 0 aromatic rings. The predicted molar refractivity (Wildman–Crippen MR) is 143 cm³/mol. The lowest BCUT2D eigenvalue weighted by atomic mass is 9.47. The molecule has 1 amide bonds. The molecule has 3 saturated carbocycles. The third-order valence-electron chi connectivity index (χ3n) is 12.0. The van der Waals surface area contributed by atoms with Gasteiger partial charge in [0, 0.05) is 38.6 Å². The van der Waals surface area contributed by atoms with Crippen LogP contribution in [-0.4, -0.2) is 59.1 Å². The van der Waals surface area contributed by atoms with Crippen molar-refractivity contribution in [2.45, 2.75) is 111 Å². The standard InChI is InChI=1S/C31H52N2O2/c1-21(2)32-16-18-33(19-17-32)29(35)11-6-22(3)26-9-10-27-25-8-7-23-20-24(34)12-14-30(23,4)28(25)13-15-31(26,27)5/h7,21-22,24-28,34H,6,8-20H2,1-5H3/t22-,24+,25+,26-,27+,28+,30+,31-/m1/s1. The predicted octanol–water partition coefficient (Wildman–Crippen LogP) is 5.90. The number of carbonyl (C=O) groups is 1. The number of aliphatic hydroxyl groups is 1. The Morgan fingerprint density at radius 1 is 1.03 bits per heavy atom. The van der Waals surface area contributed by atoms with Crippen LogP contribution in [0.4, 0.5) is 0 Å². The van der Waals surface area contributed by atoms with Gasteiger partial charge in [-0.1, -0.05) is 32.4 Å². The van der Waals surface area contributed by atoms with Crippen LogP contribution >= 0.6 is 0 Å². The van der Waals surface area contributed by atoms with Gasteiger partial charge >= 0.3 is 0 Å². The summed E-state index contributed by atoms with van der Waals surface area (Å²) in [5.41, 5.74) is 2.36. The Kier molecular flexibility index (Phi) is 7.20. The van der Waals surface area contributed by atoms with Crippen LogP contribution in [0.3, 0.4) is 0 Å². The molecule has 1 aliphatic heterocycles. The van der Waals surface area contributed by atoms with Gasteiger partial charge in [-0.25, -0.2) is 0 Å². The van der Waals surface area contributed by atoms with Gasteiger partial charge in [0.05, 0.1) is 6.10 Å². The van der Waals surface area contributed by atoms with Crippen molar-refractivity contribution in [3.05, 3.63) is 11.6 Å². The van der Waals surface area contributed by atoms with Gasteiger partial charge in [-0.2, -0.15) is 0 Å². The molecule has 5 rings (SSSR count). The third-order valence-corrected chi connectivity index (χ3v) is 12.0. The summed E-state index contributed by atoms with van der Waals surface area (Å²) >= 11 is 0. The first kappa shape index (κ1) is 25.8. The molecule has 4 heteroatoms.